The molecule has 218 valence electrons. The van der Waals surface area contributed by atoms with Crippen LogP contribution < -0.4 is 0 Å². The van der Waals surface area contributed by atoms with Gasteiger partial charge in [0.15, 0.2) is 0 Å². The molecule has 4 heteroatoms. The van der Waals surface area contributed by atoms with Crippen molar-refractivity contribution >= 4 is 0 Å². The molecule has 4 rings (SSSR count). The summed E-state index contributed by atoms with van der Waals surface area (Å²) in [7, 11) is 0. The van der Waals surface area contributed by atoms with E-state index in [-0.39, 0.29) is 10.8 Å². The zero-order valence-corrected chi connectivity index (χ0v) is 25.4. The second-order valence-corrected chi connectivity index (χ2v) is 11.9. The van der Waals surface area contributed by atoms with E-state index < -0.39 is 0 Å². The molecule has 0 spiro atoms. The van der Waals surface area contributed by atoms with Gasteiger partial charge in [-0.25, -0.2) is 0 Å². The quantitative estimate of drug-likeness (QED) is 0.155. The van der Waals surface area contributed by atoms with Gasteiger partial charge in [0.25, 0.3) is 0 Å². The number of rotatable bonds is 9. The Bertz CT molecular complexity index is 1300. The van der Waals surface area contributed by atoms with Crippen molar-refractivity contribution in [2.45, 2.75) is 84.5 Å². The molecule has 0 radical (unpaired) electrons. The largest absolute Gasteiger partial charge is 0.508 e. The summed E-state index contributed by atoms with van der Waals surface area (Å²) in [6, 6.07) is 26.4. The van der Waals surface area contributed by atoms with Gasteiger partial charge >= 0.3 is 0 Å². The number of hydrogen-bond acceptors (Lipinski definition) is 4. The molecule has 41 heavy (non-hydrogen) atoms. The van der Waals surface area contributed by atoms with Crippen LogP contribution in [0.3, 0.4) is 0 Å². The topological polar surface area (TPSA) is 80.9 Å². The predicted molar refractivity (Wildman–Crippen MR) is 169 cm³/mol. The van der Waals surface area contributed by atoms with Crippen LogP contribution in [-0.2, 0) is 10.8 Å². The van der Waals surface area contributed by atoms with Gasteiger partial charge in [-0.3, -0.25) is 0 Å². The summed E-state index contributed by atoms with van der Waals surface area (Å²) in [5, 5.41) is 38.3. The van der Waals surface area contributed by atoms with Gasteiger partial charge in [0.05, 0.1) is 0 Å². The lowest BCUT2D eigenvalue weighted by atomic mass is 9.72. The maximum atomic E-state index is 9.63. The number of unbranched alkanes of at least 4 members (excludes halogenated alkanes) is 3. The summed E-state index contributed by atoms with van der Waals surface area (Å²) in [4.78, 5) is 0. The fourth-order valence-corrected chi connectivity index (χ4v) is 5.27. The van der Waals surface area contributed by atoms with E-state index in [0.29, 0.717) is 23.0 Å². The predicted octanol–water partition coefficient (Wildman–Crippen LogP) is 9.41. The molecule has 0 saturated carbocycles. The fourth-order valence-electron chi connectivity index (χ4n) is 5.27. The van der Waals surface area contributed by atoms with Crippen molar-refractivity contribution < 1.29 is 20.4 Å². The van der Waals surface area contributed by atoms with Crippen molar-refractivity contribution in [3.05, 3.63) is 118 Å². The van der Waals surface area contributed by atoms with Gasteiger partial charge in [0.1, 0.15) is 23.0 Å². The van der Waals surface area contributed by atoms with E-state index in [4.69, 9.17) is 0 Å². The normalized spacial score (nSPS) is 11.6. The summed E-state index contributed by atoms with van der Waals surface area (Å²) < 4.78 is 0. The van der Waals surface area contributed by atoms with Gasteiger partial charge in [0, 0.05) is 10.8 Å². The molecule has 4 aromatic carbocycles. The van der Waals surface area contributed by atoms with Crippen molar-refractivity contribution in [2.24, 2.45) is 0 Å². The number of phenolic OH excluding ortho intramolecular Hbond substituents is 4. The number of aryl methyl sites for hydroxylation is 2. The summed E-state index contributed by atoms with van der Waals surface area (Å²) >= 11 is 0. The van der Waals surface area contributed by atoms with Crippen LogP contribution in [0.25, 0.3) is 0 Å². The Morgan fingerprint density at radius 2 is 0.902 bits per heavy atom. The van der Waals surface area contributed by atoms with Gasteiger partial charge < -0.3 is 20.4 Å². The monoisotopic (exact) mass is 554 g/mol. The van der Waals surface area contributed by atoms with Crippen LogP contribution in [0.2, 0.25) is 0 Å². The van der Waals surface area contributed by atoms with Crippen molar-refractivity contribution in [3.8, 4) is 23.0 Å². The summed E-state index contributed by atoms with van der Waals surface area (Å²) in [6.07, 6.45) is 5.97. The zero-order chi connectivity index (χ0) is 30.2. The Morgan fingerprint density at radius 1 is 0.512 bits per heavy atom. The van der Waals surface area contributed by atoms with Crippen LogP contribution in [0.1, 0.15) is 93.2 Å². The van der Waals surface area contributed by atoms with Crippen LogP contribution >= 0.6 is 0 Å². The highest BCUT2D eigenvalue weighted by Crippen LogP contribution is 2.38. The number of phenols is 4. The Hall–Kier alpha value is -3.92. The summed E-state index contributed by atoms with van der Waals surface area (Å²) in [5.74, 6) is 1.23. The molecule has 4 N–H and O–H groups in total. The molecule has 0 heterocycles. The number of aromatic hydroxyl groups is 4. The molecule has 0 fully saturated rings. The van der Waals surface area contributed by atoms with Crippen LogP contribution in [0.15, 0.2) is 84.9 Å². The van der Waals surface area contributed by atoms with E-state index in [0.717, 1.165) is 28.7 Å². The van der Waals surface area contributed by atoms with E-state index in [1.54, 1.807) is 36.4 Å². The second-order valence-electron chi connectivity index (χ2n) is 11.9. The first-order valence-electron chi connectivity index (χ1n) is 14.6. The highest BCUT2D eigenvalue weighted by Gasteiger charge is 2.28. The molecule has 0 aliphatic rings. The average molecular weight is 555 g/mol. The van der Waals surface area contributed by atoms with Crippen molar-refractivity contribution in [1.82, 2.24) is 0 Å². The molecule has 0 unspecified atom stereocenters. The van der Waals surface area contributed by atoms with E-state index in [1.165, 1.54) is 36.8 Å². The molecule has 4 nitrogen and oxygen atoms in total. The van der Waals surface area contributed by atoms with E-state index in [1.807, 2.05) is 62.4 Å². The Labute approximate surface area is 246 Å². The van der Waals surface area contributed by atoms with Gasteiger partial charge in [-0.05, 0) is 90.0 Å². The second kappa shape index (κ2) is 13.6. The number of hydrogen-bond donors (Lipinski definition) is 4. The molecule has 0 saturated heterocycles. The maximum absolute atomic E-state index is 9.63. The molecule has 4 aromatic rings. The van der Waals surface area contributed by atoms with Gasteiger partial charge in [-0.15, -0.1) is 0 Å². The first-order chi connectivity index (χ1) is 19.4. The van der Waals surface area contributed by atoms with Gasteiger partial charge in [-0.1, -0.05) is 102 Å². The lowest BCUT2D eigenvalue weighted by Crippen LogP contribution is -2.23. The van der Waals surface area contributed by atoms with Crippen molar-refractivity contribution in [3.63, 3.8) is 0 Å². The SMILES string of the molecule is CCCCCCC(C)(c1ccc(O)cc1)c1ccc(O)cc1.Cc1cc(C(C)(C)c2ccc(O)c(C)c2)ccc1O. The lowest BCUT2D eigenvalue weighted by molar-refractivity contribution is 0.462. The third kappa shape index (κ3) is 7.85. The molecule has 0 amide bonds. The van der Waals surface area contributed by atoms with Gasteiger partial charge in [-0.2, -0.15) is 0 Å². The van der Waals surface area contributed by atoms with E-state index in [9.17, 15) is 20.4 Å². The minimum absolute atomic E-state index is 0.102. The highest BCUT2D eigenvalue weighted by molar-refractivity contribution is 5.46. The minimum atomic E-state index is -0.170. The minimum Gasteiger partial charge on any atom is -0.508 e. The van der Waals surface area contributed by atoms with Crippen LogP contribution in [0, 0.1) is 13.8 Å². The third-order valence-electron chi connectivity index (χ3n) is 8.38. The molecule has 0 aliphatic heterocycles. The third-order valence-corrected chi connectivity index (χ3v) is 8.38. The Balaban J connectivity index is 0.000000228. The molecular weight excluding hydrogens is 508 g/mol. The molecule has 0 atom stereocenters. The van der Waals surface area contributed by atoms with Crippen LogP contribution in [-0.4, -0.2) is 20.4 Å². The highest BCUT2D eigenvalue weighted by atomic mass is 16.3. The Morgan fingerprint density at radius 3 is 1.27 bits per heavy atom. The van der Waals surface area contributed by atoms with Crippen molar-refractivity contribution in [1.29, 1.82) is 0 Å². The first kappa shape index (κ1) is 31.6. The summed E-state index contributed by atoms with van der Waals surface area (Å²) in [6.45, 7) is 12.6. The first-order valence-corrected chi connectivity index (χ1v) is 14.6. The maximum Gasteiger partial charge on any atom is 0.118 e. The lowest BCUT2D eigenvalue weighted by Gasteiger charge is -2.31. The molecular formula is C37H46O4. The Kier molecular flexibility index (Phi) is 10.5. The van der Waals surface area contributed by atoms with Crippen molar-refractivity contribution in [2.75, 3.05) is 0 Å². The van der Waals surface area contributed by atoms with Crippen LogP contribution in [0.5, 0.6) is 23.0 Å². The molecule has 0 aromatic heterocycles. The standard InChI is InChI=1S/C20H26O2.C17H20O2/c1-3-4-5-6-15-20(2,16-7-11-18(21)12-8-16)17-9-13-19(22)14-10-17;1-11-9-13(5-7-15(11)18)17(3,4)14-6-8-16(19)12(2)10-14/h7-14,21-22H,3-6,15H2,1-2H3;5-10,18-19H,1-4H3. The fraction of sp³-hybridized carbons (Fsp3) is 0.351. The van der Waals surface area contributed by atoms with Gasteiger partial charge in [0.2, 0.25) is 0 Å². The van der Waals surface area contributed by atoms with Crippen LogP contribution in [0.4, 0.5) is 0 Å². The zero-order valence-electron chi connectivity index (χ0n) is 25.4. The number of benzene rings is 4. The summed E-state index contributed by atoms with van der Waals surface area (Å²) in [5.41, 5.74) is 6.18. The molecule has 0 aliphatic carbocycles. The smallest absolute Gasteiger partial charge is 0.118 e. The van der Waals surface area contributed by atoms with E-state index >= 15 is 0 Å². The molecule has 0 bridgehead atoms. The average Bonchev–Trinajstić information content (AvgIpc) is 2.95. The van der Waals surface area contributed by atoms with E-state index in [2.05, 4.69) is 27.7 Å².